The third kappa shape index (κ3) is 3.81. The van der Waals surface area contributed by atoms with Gasteiger partial charge >= 0.3 is 0 Å². The number of aliphatic hydroxyl groups is 1. The Morgan fingerprint density at radius 2 is 2.44 bits per heavy atom. The second kappa shape index (κ2) is 7.22. The fourth-order valence-corrected chi connectivity index (χ4v) is 1.62. The Balaban J connectivity index is 2.60. The molecule has 0 aliphatic carbocycles. The summed E-state index contributed by atoms with van der Waals surface area (Å²) in [6.07, 6.45) is 3.53. The highest BCUT2D eigenvalue weighted by molar-refractivity contribution is 5.16. The molecule has 0 aromatic carbocycles. The number of furan rings is 1. The first-order chi connectivity index (χ1) is 7.81. The van der Waals surface area contributed by atoms with Crippen LogP contribution in [-0.4, -0.2) is 36.8 Å². The Labute approximate surface area is 96.6 Å². The Hall–Kier alpha value is -1.10. The van der Waals surface area contributed by atoms with Gasteiger partial charge in [0.1, 0.15) is 5.76 Å². The van der Waals surface area contributed by atoms with E-state index in [2.05, 4.69) is 16.8 Å². The van der Waals surface area contributed by atoms with Gasteiger partial charge in [0.15, 0.2) is 0 Å². The highest BCUT2D eigenvalue weighted by atomic mass is 16.3. The SMILES string of the molecule is C=CCN(CCO)Cc1occc1CNC. The maximum absolute atomic E-state index is 8.95. The predicted molar refractivity (Wildman–Crippen MR) is 64.0 cm³/mol. The highest BCUT2D eigenvalue weighted by Crippen LogP contribution is 2.13. The summed E-state index contributed by atoms with van der Waals surface area (Å²) >= 11 is 0. The molecule has 1 aromatic rings. The predicted octanol–water partition coefficient (Wildman–Crippen LogP) is 0.979. The van der Waals surface area contributed by atoms with Crippen LogP contribution in [0, 0.1) is 0 Å². The number of hydrogen-bond donors (Lipinski definition) is 2. The lowest BCUT2D eigenvalue weighted by Gasteiger charge is -2.18. The van der Waals surface area contributed by atoms with Crippen molar-refractivity contribution in [3.05, 3.63) is 36.3 Å². The molecule has 0 aliphatic heterocycles. The van der Waals surface area contributed by atoms with Gasteiger partial charge in [0.05, 0.1) is 19.4 Å². The summed E-state index contributed by atoms with van der Waals surface area (Å²) in [5, 5.41) is 12.0. The average Bonchev–Trinajstić information content (AvgIpc) is 2.67. The fraction of sp³-hybridized carbons (Fsp3) is 0.500. The molecule has 16 heavy (non-hydrogen) atoms. The van der Waals surface area contributed by atoms with E-state index >= 15 is 0 Å². The molecule has 0 bridgehead atoms. The van der Waals surface area contributed by atoms with Crippen molar-refractivity contribution < 1.29 is 9.52 Å². The Morgan fingerprint density at radius 3 is 3.06 bits per heavy atom. The van der Waals surface area contributed by atoms with Crippen LogP contribution in [0.1, 0.15) is 11.3 Å². The molecule has 0 radical (unpaired) electrons. The van der Waals surface area contributed by atoms with Crippen molar-refractivity contribution in [1.29, 1.82) is 0 Å². The van der Waals surface area contributed by atoms with Gasteiger partial charge < -0.3 is 14.8 Å². The monoisotopic (exact) mass is 224 g/mol. The quantitative estimate of drug-likeness (QED) is 0.646. The lowest BCUT2D eigenvalue weighted by Crippen LogP contribution is -2.27. The van der Waals surface area contributed by atoms with Gasteiger partial charge in [-0.2, -0.15) is 0 Å². The minimum absolute atomic E-state index is 0.149. The topological polar surface area (TPSA) is 48.6 Å². The largest absolute Gasteiger partial charge is 0.468 e. The lowest BCUT2D eigenvalue weighted by atomic mass is 10.2. The first-order valence-electron chi connectivity index (χ1n) is 5.45. The smallest absolute Gasteiger partial charge is 0.122 e. The van der Waals surface area contributed by atoms with Crippen LogP contribution >= 0.6 is 0 Å². The molecule has 0 amide bonds. The molecule has 1 aromatic heterocycles. The summed E-state index contributed by atoms with van der Waals surface area (Å²) in [6.45, 7) is 6.74. The molecule has 90 valence electrons. The Bertz CT molecular complexity index is 310. The maximum Gasteiger partial charge on any atom is 0.122 e. The molecule has 4 nitrogen and oxygen atoms in total. The third-order valence-corrected chi connectivity index (χ3v) is 2.38. The fourth-order valence-electron chi connectivity index (χ4n) is 1.62. The first-order valence-corrected chi connectivity index (χ1v) is 5.45. The van der Waals surface area contributed by atoms with Gasteiger partial charge in [-0.1, -0.05) is 6.08 Å². The first kappa shape index (κ1) is 13.0. The Kier molecular flexibility index (Phi) is 5.85. The Morgan fingerprint density at radius 1 is 1.62 bits per heavy atom. The van der Waals surface area contributed by atoms with Crippen LogP contribution in [0.5, 0.6) is 0 Å². The van der Waals surface area contributed by atoms with Gasteiger partial charge in [-0.3, -0.25) is 4.90 Å². The number of rotatable bonds is 8. The van der Waals surface area contributed by atoms with Crippen molar-refractivity contribution in [3.8, 4) is 0 Å². The molecule has 0 saturated carbocycles. The van der Waals surface area contributed by atoms with Crippen LogP contribution in [0.4, 0.5) is 0 Å². The molecule has 0 saturated heterocycles. The molecule has 0 aliphatic rings. The number of hydrogen-bond acceptors (Lipinski definition) is 4. The van der Waals surface area contributed by atoms with Crippen molar-refractivity contribution in [1.82, 2.24) is 10.2 Å². The number of nitrogens with one attached hydrogen (secondary N) is 1. The van der Waals surface area contributed by atoms with Gasteiger partial charge in [0.25, 0.3) is 0 Å². The molecule has 1 heterocycles. The summed E-state index contributed by atoms with van der Waals surface area (Å²) < 4.78 is 5.44. The molecular weight excluding hydrogens is 204 g/mol. The lowest BCUT2D eigenvalue weighted by molar-refractivity contribution is 0.193. The zero-order chi connectivity index (χ0) is 11.8. The van der Waals surface area contributed by atoms with E-state index in [-0.39, 0.29) is 6.61 Å². The van der Waals surface area contributed by atoms with E-state index in [4.69, 9.17) is 9.52 Å². The van der Waals surface area contributed by atoms with Crippen LogP contribution in [0.3, 0.4) is 0 Å². The maximum atomic E-state index is 8.95. The van der Waals surface area contributed by atoms with Crippen LogP contribution in [0.2, 0.25) is 0 Å². The normalized spacial score (nSPS) is 10.9. The standard InChI is InChI=1S/C12H20N2O2/c1-3-5-14(6-7-15)10-12-11(9-13-2)4-8-16-12/h3-4,8,13,15H,1,5-7,9-10H2,2H3. The van der Waals surface area contributed by atoms with Gasteiger partial charge in [0.2, 0.25) is 0 Å². The molecule has 0 unspecified atom stereocenters. The van der Waals surface area contributed by atoms with Gasteiger partial charge in [0, 0.05) is 25.2 Å². The number of aliphatic hydroxyl groups excluding tert-OH is 1. The zero-order valence-corrected chi connectivity index (χ0v) is 9.78. The van der Waals surface area contributed by atoms with E-state index in [9.17, 15) is 0 Å². The van der Waals surface area contributed by atoms with E-state index < -0.39 is 0 Å². The van der Waals surface area contributed by atoms with E-state index in [1.165, 1.54) is 0 Å². The van der Waals surface area contributed by atoms with Crippen LogP contribution in [-0.2, 0) is 13.1 Å². The molecule has 2 N–H and O–H groups in total. The zero-order valence-electron chi connectivity index (χ0n) is 9.78. The summed E-state index contributed by atoms with van der Waals surface area (Å²) in [7, 11) is 1.91. The van der Waals surface area contributed by atoms with Crippen molar-refractivity contribution in [2.45, 2.75) is 13.1 Å². The van der Waals surface area contributed by atoms with Gasteiger partial charge in [-0.15, -0.1) is 6.58 Å². The van der Waals surface area contributed by atoms with Crippen molar-refractivity contribution in [2.75, 3.05) is 26.7 Å². The summed E-state index contributed by atoms with van der Waals surface area (Å²) in [6, 6.07) is 1.97. The van der Waals surface area contributed by atoms with Crippen molar-refractivity contribution in [3.63, 3.8) is 0 Å². The summed E-state index contributed by atoms with van der Waals surface area (Å²) in [5.41, 5.74) is 1.16. The van der Waals surface area contributed by atoms with Crippen molar-refractivity contribution >= 4 is 0 Å². The molecule has 4 heteroatoms. The molecule has 0 atom stereocenters. The number of nitrogens with zero attached hydrogens (tertiary/aromatic N) is 1. The minimum Gasteiger partial charge on any atom is -0.468 e. The second-order valence-corrected chi connectivity index (χ2v) is 3.65. The van der Waals surface area contributed by atoms with E-state index in [1.54, 1.807) is 6.26 Å². The van der Waals surface area contributed by atoms with E-state index in [0.717, 1.165) is 24.4 Å². The average molecular weight is 224 g/mol. The van der Waals surface area contributed by atoms with E-state index in [0.29, 0.717) is 13.1 Å². The molecular formula is C12H20N2O2. The van der Waals surface area contributed by atoms with E-state index in [1.807, 2.05) is 19.2 Å². The van der Waals surface area contributed by atoms with Gasteiger partial charge in [-0.05, 0) is 13.1 Å². The van der Waals surface area contributed by atoms with Crippen molar-refractivity contribution in [2.24, 2.45) is 0 Å². The third-order valence-electron chi connectivity index (χ3n) is 2.38. The van der Waals surface area contributed by atoms with Gasteiger partial charge in [-0.25, -0.2) is 0 Å². The molecule has 0 fully saturated rings. The molecule has 0 spiro atoms. The highest BCUT2D eigenvalue weighted by Gasteiger charge is 2.10. The second-order valence-electron chi connectivity index (χ2n) is 3.65. The van der Waals surface area contributed by atoms with Crippen LogP contribution in [0.15, 0.2) is 29.4 Å². The summed E-state index contributed by atoms with van der Waals surface area (Å²) in [4.78, 5) is 2.09. The molecule has 1 rings (SSSR count). The summed E-state index contributed by atoms with van der Waals surface area (Å²) in [5.74, 6) is 0.949. The van der Waals surface area contributed by atoms with Crippen LogP contribution in [0.25, 0.3) is 0 Å². The minimum atomic E-state index is 0.149. The van der Waals surface area contributed by atoms with Crippen LogP contribution < -0.4 is 5.32 Å².